The van der Waals surface area contributed by atoms with Crippen molar-refractivity contribution in [2.24, 2.45) is 0 Å². The summed E-state index contributed by atoms with van der Waals surface area (Å²) in [6.07, 6.45) is 1.41. The third kappa shape index (κ3) is 3.75. The van der Waals surface area contributed by atoms with E-state index in [9.17, 15) is 9.59 Å². The van der Waals surface area contributed by atoms with Crippen LogP contribution >= 0.6 is 11.3 Å². The largest absolute Gasteiger partial charge is 0.477 e. The fraction of sp³-hybridized carbons (Fsp3) is 0.167. The van der Waals surface area contributed by atoms with Crippen LogP contribution < -0.4 is 10.6 Å². The summed E-state index contributed by atoms with van der Waals surface area (Å²) in [5.74, 6) is -1.08. The number of rotatable bonds is 4. The third-order valence-corrected chi connectivity index (χ3v) is 3.21. The Kier molecular flexibility index (Phi) is 4.26. The minimum Gasteiger partial charge on any atom is -0.477 e. The van der Waals surface area contributed by atoms with Crippen LogP contribution in [0.5, 0.6) is 0 Å². The van der Waals surface area contributed by atoms with Gasteiger partial charge < -0.3 is 10.4 Å². The Morgan fingerprint density at radius 2 is 2.20 bits per heavy atom. The second-order valence-corrected chi connectivity index (χ2v) is 4.82. The first-order valence-electron chi connectivity index (χ1n) is 5.70. The number of nitrogens with zero attached hydrogens (tertiary/aromatic N) is 2. The average Bonchev–Trinajstić information content (AvgIpc) is 2.82. The summed E-state index contributed by atoms with van der Waals surface area (Å²) < 4.78 is 0. The molecule has 0 bridgehead atoms. The van der Waals surface area contributed by atoms with Gasteiger partial charge in [-0.25, -0.2) is 19.6 Å². The number of hydrogen-bond acceptors (Lipinski definition) is 5. The number of carbonyl (C=O) groups excluding carboxylic acids is 1. The molecule has 0 atom stereocenters. The Bertz CT molecular complexity index is 624. The fourth-order valence-corrected chi connectivity index (χ4v) is 2.07. The monoisotopic (exact) mass is 292 g/mol. The highest BCUT2D eigenvalue weighted by atomic mass is 32.1. The quantitative estimate of drug-likeness (QED) is 0.798. The number of thiazole rings is 1. The van der Waals surface area contributed by atoms with E-state index in [1.807, 2.05) is 12.3 Å². The molecular formula is C12H12N4O3S. The molecule has 0 aliphatic heterocycles. The highest BCUT2D eigenvalue weighted by Crippen LogP contribution is 2.13. The number of carboxylic acids is 1. The van der Waals surface area contributed by atoms with Crippen molar-refractivity contribution >= 4 is 28.5 Å². The number of nitrogens with one attached hydrogen (secondary N) is 2. The number of aryl methyl sites for hydroxylation is 1. The Labute approximate surface area is 118 Å². The van der Waals surface area contributed by atoms with Crippen molar-refractivity contribution in [1.82, 2.24) is 15.3 Å². The normalized spacial score (nSPS) is 10.1. The van der Waals surface area contributed by atoms with E-state index < -0.39 is 5.97 Å². The molecule has 2 amide bonds. The fourth-order valence-electron chi connectivity index (χ4n) is 1.39. The van der Waals surface area contributed by atoms with Crippen LogP contribution in [0.1, 0.15) is 21.7 Å². The highest BCUT2D eigenvalue weighted by molar-refractivity contribution is 7.13. The zero-order valence-electron chi connectivity index (χ0n) is 10.6. The van der Waals surface area contributed by atoms with E-state index in [4.69, 9.17) is 5.11 Å². The van der Waals surface area contributed by atoms with E-state index >= 15 is 0 Å². The van der Waals surface area contributed by atoms with E-state index in [0.717, 1.165) is 5.69 Å². The first-order chi connectivity index (χ1) is 9.54. The molecule has 0 saturated heterocycles. The van der Waals surface area contributed by atoms with Crippen LogP contribution in [-0.4, -0.2) is 27.1 Å². The van der Waals surface area contributed by atoms with Gasteiger partial charge in [0.05, 0.1) is 5.69 Å². The molecule has 0 radical (unpaired) electrons. The van der Waals surface area contributed by atoms with Crippen LogP contribution in [0.3, 0.4) is 0 Å². The standard InChI is InChI=1S/C12H12N4O3S/c1-7-6-20-12(15-7)16-11(19)14-5-8-2-3-9(10(17)18)13-4-8/h2-4,6H,5H2,1H3,(H,17,18)(H2,14,15,16,19). The molecule has 0 fully saturated rings. The van der Waals surface area contributed by atoms with Gasteiger partial charge in [0, 0.05) is 18.1 Å². The Balaban J connectivity index is 1.85. The van der Waals surface area contributed by atoms with Crippen LogP contribution in [0.4, 0.5) is 9.93 Å². The lowest BCUT2D eigenvalue weighted by atomic mass is 10.2. The second-order valence-electron chi connectivity index (χ2n) is 3.96. The number of pyridine rings is 1. The molecule has 0 unspecified atom stereocenters. The molecule has 8 heteroatoms. The molecule has 3 N–H and O–H groups in total. The van der Waals surface area contributed by atoms with Gasteiger partial charge in [-0.05, 0) is 18.6 Å². The summed E-state index contributed by atoms with van der Waals surface area (Å²) in [7, 11) is 0. The van der Waals surface area contributed by atoms with Gasteiger partial charge in [0.25, 0.3) is 0 Å². The predicted octanol–water partition coefficient (Wildman–Crippen LogP) is 1.87. The van der Waals surface area contributed by atoms with Gasteiger partial charge in [-0.3, -0.25) is 5.32 Å². The van der Waals surface area contributed by atoms with E-state index in [-0.39, 0.29) is 18.3 Å². The van der Waals surface area contributed by atoms with E-state index in [1.54, 1.807) is 6.07 Å². The van der Waals surface area contributed by atoms with Crippen molar-refractivity contribution in [3.05, 3.63) is 40.7 Å². The molecule has 0 spiro atoms. The van der Waals surface area contributed by atoms with Gasteiger partial charge in [0.15, 0.2) is 5.13 Å². The van der Waals surface area contributed by atoms with Crippen molar-refractivity contribution in [3.63, 3.8) is 0 Å². The number of carboxylic acid groups (broad SMARTS) is 1. The molecule has 0 aliphatic carbocycles. The molecule has 2 heterocycles. The maximum Gasteiger partial charge on any atom is 0.354 e. The smallest absolute Gasteiger partial charge is 0.354 e. The summed E-state index contributed by atoms with van der Waals surface area (Å²) in [6.45, 7) is 2.10. The molecule has 0 aliphatic rings. The van der Waals surface area contributed by atoms with Crippen molar-refractivity contribution < 1.29 is 14.7 Å². The minimum atomic E-state index is -1.08. The van der Waals surface area contributed by atoms with Crippen LogP contribution in [-0.2, 0) is 6.54 Å². The van der Waals surface area contributed by atoms with Gasteiger partial charge in [-0.1, -0.05) is 6.07 Å². The predicted molar refractivity (Wildman–Crippen MR) is 73.9 cm³/mol. The van der Waals surface area contributed by atoms with Crippen molar-refractivity contribution in [2.45, 2.75) is 13.5 Å². The molecule has 0 aromatic carbocycles. The van der Waals surface area contributed by atoms with Gasteiger partial charge >= 0.3 is 12.0 Å². The molecule has 7 nitrogen and oxygen atoms in total. The second kappa shape index (κ2) is 6.11. The number of anilines is 1. The molecule has 104 valence electrons. The van der Waals surface area contributed by atoms with Gasteiger partial charge in [0.1, 0.15) is 5.69 Å². The number of aromatic carboxylic acids is 1. The lowest BCUT2D eigenvalue weighted by Gasteiger charge is -2.05. The number of amides is 2. The van der Waals surface area contributed by atoms with Crippen LogP contribution in [0, 0.1) is 6.92 Å². The summed E-state index contributed by atoms with van der Waals surface area (Å²) in [4.78, 5) is 30.1. The van der Waals surface area contributed by atoms with E-state index in [1.165, 1.54) is 23.6 Å². The topological polar surface area (TPSA) is 104 Å². The zero-order chi connectivity index (χ0) is 14.5. The Morgan fingerprint density at radius 3 is 2.75 bits per heavy atom. The Morgan fingerprint density at radius 1 is 1.40 bits per heavy atom. The highest BCUT2D eigenvalue weighted by Gasteiger charge is 2.06. The van der Waals surface area contributed by atoms with E-state index in [0.29, 0.717) is 10.7 Å². The Hall–Kier alpha value is -2.48. The minimum absolute atomic E-state index is 0.0311. The molecule has 2 rings (SSSR count). The summed E-state index contributed by atoms with van der Waals surface area (Å²) in [6, 6.07) is 2.62. The number of hydrogen-bond donors (Lipinski definition) is 3. The molecule has 2 aromatic heterocycles. The summed E-state index contributed by atoms with van der Waals surface area (Å²) in [5.41, 5.74) is 1.52. The van der Waals surface area contributed by atoms with Crippen LogP contribution in [0.2, 0.25) is 0 Å². The van der Waals surface area contributed by atoms with Gasteiger partial charge in [-0.2, -0.15) is 0 Å². The SMILES string of the molecule is Cc1csc(NC(=O)NCc2ccc(C(=O)O)nc2)n1. The first-order valence-corrected chi connectivity index (χ1v) is 6.58. The number of carbonyl (C=O) groups is 2. The molecular weight excluding hydrogens is 280 g/mol. The maximum atomic E-state index is 11.6. The number of urea groups is 1. The zero-order valence-corrected chi connectivity index (χ0v) is 11.4. The van der Waals surface area contributed by atoms with Crippen molar-refractivity contribution in [2.75, 3.05) is 5.32 Å². The molecule has 0 saturated carbocycles. The van der Waals surface area contributed by atoms with Crippen molar-refractivity contribution in [1.29, 1.82) is 0 Å². The summed E-state index contributed by atoms with van der Waals surface area (Å²) in [5, 5.41) is 16.3. The van der Waals surface area contributed by atoms with Crippen molar-refractivity contribution in [3.8, 4) is 0 Å². The average molecular weight is 292 g/mol. The summed E-state index contributed by atoms with van der Waals surface area (Å²) >= 11 is 1.34. The van der Waals surface area contributed by atoms with E-state index in [2.05, 4.69) is 20.6 Å². The van der Waals surface area contributed by atoms with Crippen LogP contribution in [0.25, 0.3) is 0 Å². The van der Waals surface area contributed by atoms with Crippen LogP contribution in [0.15, 0.2) is 23.7 Å². The van der Waals surface area contributed by atoms with Gasteiger partial charge in [0.2, 0.25) is 0 Å². The molecule has 2 aromatic rings. The third-order valence-electron chi connectivity index (χ3n) is 2.34. The first kappa shape index (κ1) is 13.9. The number of aromatic nitrogens is 2. The van der Waals surface area contributed by atoms with Gasteiger partial charge in [-0.15, -0.1) is 11.3 Å². The molecule has 20 heavy (non-hydrogen) atoms. The lowest BCUT2D eigenvalue weighted by molar-refractivity contribution is 0.0690. The maximum absolute atomic E-state index is 11.6. The lowest BCUT2D eigenvalue weighted by Crippen LogP contribution is -2.28.